The normalized spacial score (nSPS) is 10.8. The van der Waals surface area contributed by atoms with Gasteiger partial charge in [-0.05, 0) is 18.2 Å². The van der Waals surface area contributed by atoms with Crippen LogP contribution >= 0.6 is 0 Å². The van der Waals surface area contributed by atoms with Crippen LogP contribution in [0.15, 0.2) is 47.3 Å². The van der Waals surface area contributed by atoms with Crippen molar-refractivity contribution in [2.45, 2.75) is 6.54 Å². The molecule has 0 aliphatic carbocycles. The first-order valence-electron chi connectivity index (χ1n) is 5.77. The van der Waals surface area contributed by atoms with E-state index in [4.69, 9.17) is 10.3 Å². The Balaban J connectivity index is 1.98. The summed E-state index contributed by atoms with van der Waals surface area (Å²) in [7, 11) is 0. The maximum Gasteiger partial charge on any atom is 0.268 e. The molecule has 0 fully saturated rings. The highest BCUT2D eigenvalue weighted by Crippen LogP contribution is 2.17. The number of imidazole rings is 1. The molecule has 0 saturated carbocycles. The van der Waals surface area contributed by atoms with E-state index in [1.807, 2.05) is 28.8 Å². The summed E-state index contributed by atoms with van der Waals surface area (Å²) in [5, 5.41) is 0. The van der Waals surface area contributed by atoms with Crippen LogP contribution in [0, 0.1) is 0 Å². The van der Waals surface area contributed by atoms with Crippen molar-refractivity contribution in [2.24, 2.45) is 5.84 Å². The molecule has 1 aromatic carbocycles. The van der Waals surface area contributed by atoms with Crippen LogP contribution in [0.1, 0.15) is 16.1 Å². The molecule has 0 spiro atoms. The maximum absolute atomic E-state index is 11.6. The van der Waals surface area contributed by atoms with E-state index in [1.165, 1.54) is 6.26 Å². The Morgan fingerprint density at radius 1 is 1.37 bits per heavy atom. The summed E-state index contributed by atoms with van der Waals surface area (Å²) in [5.41, 5.74) is 4.42. The van der Waals surface area contributed by atoms with Crippen LogP contribution in [0.5, 0.6) is 0 Å². The van der Waals surface area contributed by atoms with Crippen LogP contribution in [0.3, 0.4) is 0 Å². The number of aromatic nitrogens is 2. The average Bonchev–Trinajstić information content (AvgIpc) is 3.06. The number of benzene rings is 1. The lowest BCUT2D eigenvalue weighted by molar-refractivity contribution is 0.0951. The molecule has 0 aliphatic rings. The number of nitrogen functional groups attached to an aromatic ring is 1. The third-order valence-corrected chi connectivity index (χ3v) is 2.96. The van der Waals surface area contributed by atoms with E-state index in [-0.39, 0.29) is 5.91 Å². The van der Waals surface area contributed by atoms with Crippen LogP contribution in [0.4, 0.5) is 0 Å². The number of furan rings is 1. The van der Waals surface area contributed by atoms with Crippen molar-refractivity contribution in [3.05, 3.63) is 54.2 Å². The van der Waals surface area contributed by atoms with Gasteiger partial charge in [0.15, 0.2) is 0 Å². The van der Waals surface area contributed by atoms with Crippen LogP contribution in [-0.4, -0.2) is 15.5 Å². The number of hydrogen-bond donors (Lipinski definition) is 2. The van der Waals surface area contributed by atoms with Crippen LogP contribution in [0.2, 0.25) is 0 Å². The lowest BCUT2D eigenvalue weighted by Crippen LogP contribution is -2.30. The fourth-order valence-corrected chi connectivity index (χ4v) is 2.03. The van der Waals surface area contributed by atoms with Gasteiger partial charge < -0.3 is 8.98 Å². The highest BCUT2D eigenvalue weighted by molar-refractivity contribution is 5.94. The fourth-order valence-electron chi connectivity index (χ4n) is 2.03. The number of nitrogens with two attached hydrogens (primary N) is 1. The summed E-state index contributed by atoms with van der Waals surface area (Å²) in [6, 6.07) is 9.36. The van der Waals surface area contributed by atoms with Crippen molar-refractivity contribution in [1.29, 1.82) is 0 Å². The maximum atomic E-state index is 11.6. The first-order valence-corrected chi connectivity index (χ1v) is 5.77. The number of hydrazine groups is 1. The van der Waals surface area contributed by atoms with Crippen molar-refractivity contribution in [2.75, 3.05) is 0 Å². The van der Waals surface area contributed by atoms with Crippen molar-refractivity contribution >= 4 is 16.9 Å². The predicted octanol–water partition coefficient (Wildman–Crippen LogP) is 1.28. The summed E-state index contributed by atoms with van der Waals surface area (Å²) >= 11 is 0. The Morgan fingerprint density at radius 2 is 2.21 bits per heavy atom. The molecular weight excluding hydrogens is 244 g/mol. The smallest absolute Gasteiger partial charge is 0.268 e. The topological polar surface area (TPSA) is 86.1 Å². The Bertz CT molecular complexity index is 729. The van der Waals surface area contributed by atoms with Gasteiger partial charge in [-0.15, -0.1) is 0 Å². The average molecular weight is 256 g/mol. The number of fused-ring (bicyclic) bond motifs is 1. The monoisotopic (exact) mass is 256 g/mol. The molecular formula is C13H12N4O2. The van der Waals surface area contributed by atoms with Gasteiger partial charge in [0, 0.05) is 0 Å². The highest BCUT2D eigenvalue weighted by Gasteiger charge is 2.14. The van der Waals surface area contributed by atoms with E-state index < -0.39 is 0 Å². The summed E-state index contributed by atoms with van der Waals surface area (Å²) in [6.07, 6.45) is 3.19. The van der Waals surface area contributed by atoms with E-state index in [2.05, 4.69) is 10.4 Å². The Labute approximate surface area is 108 Å². The van der Waals surface area contributed by atoms with Crippen molar-refractivity contribution < 1.29 is 9.21 Å². The van der Waals surface area contributed by atoms with Gasteiger partial charge in [0.2, 0.25) is 0 Å². The van der Waals surface area contributed by atoms with Gasteiger partial charge in [-0.3, -0.25) is 10.2 Å². The molecule has 2 heterocycles. The number of amides is 1. The molecule has 3 N–H and O–H groups in total. The number of nitrogens with one attached hydrogen (secondary N) is 1. The number of carbonyl (C=O) groups excluding carboxylic acids is 1. The number of para-hydroxylation sites is 2. The standard InChI is InChI=1S/C13H12N4O2/c14-16-13(18)9-5-6-19-12(9)7-17-8-15-10-3-1-2-4-11(10)17/h1-6,8H,7,14H2,(H,16,18). The Kier molecular flexibility index (Phi) is 2.77. The van der Waals surface area contributed by atoms with E-state index in [0.717, 1.165) is 11.0 Å². The third-order valence-electron chi connectivity index (χ3n) is 2.96. The summed E-state index contributed by atoms with van der Waals surface area (Å²) < 4.78 is 7.26. The summed E-state index contributed by atoms with van der Waals surface area (Å²) in [6.45, 7) is 0.427. The van der Waals surface area contributed by atoms with Gasteiger partial charge in [-0.2, -0.15) is 0 Å². The van der Waals surface area contributed by atoms with Crippen LogP contribution in [-0.2, 0) is 6.54 Å². The first-order chi connectivity index (χ1) is 9.29. The second kappa shape index (κ2) is 4.58. The Morgan fingerprint density at radius 3 is 3.05 bits per heavy atom. The molecule has 0 aliphatic heterocycles. The molecule has 0 radical (unpaired) electrons. The molecule has 1 amide bonds. The van der Waals surface area contributed by atoms with E-state index >= 15 is 0 Å². The van der Waals surface area contributed by atoms with Crippen molar-refractivity contribution in [3.8, 4) is 0 Å². The zero-order valence-corrected chi connectivity index (χ0v) is 10.0. The van der Waals surface area contributed by atoms with E-state index in [1.54, 1.807) is 12.4 Å². The second-order valence-electron chi connectivity index (χ2n) is 4.09. The number of rotatable bonds is 3. The van der Waals surface area contributed by atoms with Gasteiger partial charge in [0.1, 0.15) is 5.76 Å². The minimum Gasteiger partial charge on any atom is -0.467 e. The molecule has 19 heavy (non-hydrogen) atoms. The summed E-state index contributed by atoms with van der Waals surface area (Å²) in [4.78, 5) is 15.9. The quantitative estimate of drug-likeness (QED) is 0.420. The van der Waals surface area contributed by atoms with Crippen molar-refractivity contribution in [1.82, 2.24) is 15.0 Å². The van der Waals surface area contributed by atoms with Crippen LogP contribution in [0.25, 0.3) is 11.0 Å². The number of carbonyl (C=O) groups is 1. The largest absolute Gasteiger partial charge is 0.467 e. The molecule has 6 heteroatoms. The van der Waals surface area contributed by atoms with E-state index in [9.17, 15) is 4.79 Å². The molecule has 0 bridgehead atoms. The van der Waals surface area contributed by atoms with Gasteiger partial charge >= 0.3 is 0 Å². The minimum atomic E-state index is -0.367. The SMILES string of the molecule is NNC(=O)c1ccoc1Cn1cnc2ccccc21. The van der Waals surface area contributed by atoms with Gasteiger partial charge in [-0.25, -0.2) is 10.8 Å². The van der Waals surface area contributed by atoms with Gasteiger partial charge in [0.25, 0.3) is 5.91 Å². The Hall–Kier alpha value is -2.60. The molecule has 6 nitrogen and oxygen atoms in total. The third kappa shape index (κ3) is 1.98. The second-order valence-corrected chi connectivity index (χ2v) is 4.09. The molecule has 0 saturated heterocycles. The molecule has 3 aromatic rings. The fraction of sp³-hybridized carbons (Fsp3) is 0.0769. The highest BCUT2D eigenvalue weighted by atomic mass is 16.3. The molecule has 0 unspecified atom stereocenters. The zero-order chi connectivity index (χ0) is 13.2. The lowest BCUT2D eigenvalue weighted by atomic mass is 10.2. The molecule has 0 atom stereocenters. The van der Waals surface area contributed by atoms with Crippen LogP contribution < -0.4 is 11.3 Å². The van der Waals surface area contributed by atoms with Crippen molar-refractivity contribution in [3.63, 3.8) is 0 Å². The first kappa shape index (κ1) is 11.5. The lowest BCUT2D eigenvalue weighted by Gasteiger charge is -2.04. The number of nitrogens with zero attached hydrogens (tertiary/aromatic N) is 2. The van der Waals surface area contributed by atoms with Gasteiger partial charge in [-0.1, -0.05) is 12.1 Å². The molecule has 2 aromatic heterocycles. The molecule has 3 rings (SSSR count). The zero-order valence-electron chi connectivity index (χ0n) is 10.0. The number of hydrogen-bond acceptors (Lipinski definition) is 4. The summed E-state index contributed by atoms with van der Waals surface area (Å²) in [5.74, 6) is 5.32. The minimum absolute atomic E-state index is 0.367. The predicted molar refractivity (Wildman–Crippen MR) is 69.2 cm³/mol. The van der Waals surface area contributed by atoms with E-state index in [0.29, 0.717) is 17.9 Å². The molecule has 96 valence electrons. The van der Waals surface area contributed by atoms with Gasteiger partial charge in [0.05, 0.1) is 35.7 Å².